The number of aryl methyl sites for hydroxylation is 2. The lowest BCUT2D eigenvalue weighted by Crippen LogP contribution is -2.05. The van der Waals surface area contributed by atoms with E-state index in [2.05, 4.69) is 42.2 Å². The molecule has 0 bridgehead atoms. The molecule has 1 N–H and O–H groups in total. The van der Waals surface area contributed by atoms with Crippen molar-refractivity contribution in [2.24, 2.45) is 0 Å². The maximum absolute atomic E-state index is 5.74. The predicted octanol–water partition coefficient (Wildman–Crippen LogP) is 4.93. The van der Waals surface area contributed by atoms with Gasteiger partial charge in [-0.3, -0.25) is 9.67 Å². The van der Waals surface area contributed by atoms with Crippen LogP contribution in [0.5, 0.6) is 11.5 Å². The summed E-state index contributed by atoms with van der Waals surface area (Å²) in [6.45, 7) is 9.29. The van der Waals surface area contributed by atoms with E-state index >= 15 is 0 Å². The van der Waals surface area contributed by atoms with E-state index in [1.54, 1.807) is 0 Å². The normalized spacial score (nSPS) is 10.8. The number of ether oxygens (including phenoxy) is 2. The Balaban J connectivity index is 1.97. The van der Waals surface area contributed by atoms with Crippen molar-refractivity contribution < 1.29 is 9.47 Å². The molecule has 0 aliphatic carbocycles. The lowest BCUT2D eigenvalue weighted by Gasteiger charge is -2.13. The Morgan fingerprint density at radius 1 is 1.00 bits per heavy atom. The Morgan fingerprint density at radius 2 is 1.74 bits per heavy atom. The van der Waals surface area contributed by atoms with Crippen LogP contribution in [0.4, 0.5) is 0 Å². The molecule has 6 heteroatoms. The van der Waals surface area contributed by atoms with Gasteiger partial charge in [0.15, 0.2) is 16.3 Å². The smallest absolute Gasteiger partial charge is 0.199 e. The van der Waals surface area contributed by atoms with Gasteiger partial charge in [0.1, 0.15) is 5.82 Å². The van der Waals surface area contributed by atoms with Gasteiger partial charge >= 0.3 is 0 Å². The maximum atomic E-state index is 5.74. The second kappa shape index (κ2) is 8.39. The maximum Gasteiger partial charge on any atom is 0.199 e. The minimum absolute atomic E-state index is 0.588. The Hall–Kier alpha value is -2.60. The molecular formula is C21H25N3O2S. The monoisotopic (exact) mass is 383 g/mol. The molecule has 0 unspecified atom stereocenters. The molecule has 0 aliphatic heterocycles. The van der Waals surface area contributed by atoms with E-state index < -0.39 is 0 Å². The highest BCUT2D eigenvalue weighted by molar-refractivity contribution is 7.71. The van der Waals surface area contributed by atoms with Crippen LogP contribution in [0.15, 0.2) is 36.4 Å². The number of hydrogen-bond acceptors (Lipinski definition) is 4. The number of nitrogens with one attached hydrogen (secondary N) is 1. The number of benzene rings is 2. The predicted molar refractivity (Wildman–Crippen MR) is 110 cm³/mol. The van der Waals surface area contributed by atoms with Gasteiger partial charge in [0.2, 0.25) is 0 Å². The van der Waals surface area contributed by atoms with E-state index in [-0.39, 0.29) is 0 Å². The quantitative estimate of drug-likeness (QED) is 0.588. The SMILES string of the molecule is CCOc1ccc(Cc2n[nH]c(=S)n2-c2ccc(C)cc2C)cc1OCC. The first-order chi connectivity index (χ1) is 13.0. The highest BCUT2D eigenvalue weighted by Gasteiger charge is 2.13. The molecule has 0 saturated carbocycles. The van der Waals surface area contributed by atoms with E-state index in [1.807, 2.05) is 36.6 Å². The van der Waals surface area contributed by atoms with Crippen molar-refractivity contribution in [1.29, 1.82) is 0 Å². The van der Waals surface area contributed by atoms with Gasteiger partial charge in [0.05, 0.1) is 18.9 Å². The third-order valence-corrected chi connectivity index (χ3v) is 4.58. The fourth-order valence-corrected chi connectivity index (χ4v) is 3.39. The van der Waals surface area contributed by atoms with Crippen LogP contribution in [0.2, 0.25) is 0 Å². The van der Waals surface area contributed by atoms with Crippen LogP contribution in [0.1, 0.15) is 36.4 Å². The van der Waals surface area contributed by atoms with Gasteiger partial charge < -0.3 is 9.47 Å². The van der Waals surface area contributed by atoms with Crippen molar-refractivity contribution in [3.63, 3.8) is 0 Å². The van der Waals surface area contributed by atoms with Crippen LogP contribution >= 0.6 is 12.2 Å². The van der Waals surface area contributed by atoms with Crippen LogP contribution in [-0.4, -0.2) is 28.0 Å². The molecule has 0 radical (unpaired) electrons. The molecule has 3 rings (SSSR count). The van der Waals surface area contributed by atoms with E-state index in [0.717, 1.165) is 34.1 Å². The molecule has 1 aromatic heterocycles. The Kier molecular flexibility index (Phi) is 5.96. The highest BCUT2D eigenvalue weighted by atomic mass is 32.1. The summed E-state index contributed by atoms with van der Waals surface area (Å²) in [6, 6.07) is 12.3. The summed E-state index contributed by atoms with van der Waals surface area (Å²) < 4.78 is 14.0. The summed E-state index contributed by atoms with van der Waals surface area (Å²) in [5.74, 6) is 2.37. The molecule has 0 spiro atoms. The molecule has 1 heterocycles. The number of hydrogen-bond donors (Lipinski definition) is 1. The van der Waals surface area contributed by atoms with Gasteiger partial charge in [-0.2, -0.15) is 5.10 Å². The summed E-state index contributed by atoms with van der Waals surface area (Å²) in [4.78, 5) is 0. The number of rotatable bonds is 7. The fraction of sp³-hybridized carbons (Fsp3) is 0.333. The Labute approximate surface area is 165 Å². The van der Waals surface area contributed by atoms with Gasteiger partial charge in [-0.1, -0.05) is 23.8 Å². The summed E-state index contributed by atoms with van der Waals surface area (Å²) in [7, 11) is 0. The van der Waals surface area contributed by atoms with Crippen molar-refractivity contribution >= 4 is 12.2 Å². The van der Waals surface area contributed by atoms with Crippen LogP contribution in [0.3, 0.4) is 0 Å². The zero-order valence-corrected chi connectivity index (χ0v) is 17.0. The van der Waals surface area contributed by atoms with Crippen molar-refractivity contribution in [3.8, 4) is 17.2 Å². The Morgan fingerprint density at radius 3 is 2.44 bits per heavy atom. The second-order valence-electron chi connectivity index (χ2n) is 6.39. The number of aromatic amines is 1. The van der Waals surface area contributed by atoms with Crippen LogP contribution in [0, 0.1) is 18.6 Å². The van der Waals surface area contributed by atoms with Crippen LogP contribution in [-0.2, 0) is 6.42 Å². The fourth-order valence-electron chi connectivity index (χ4n) is 3.14. The summed E-state index contributed by atoms with van der Waals surface area (Å²) in [5, 5.41) is 7.39. The third-order valence-electron chi connectivity index (χ3n) is 4.31. The minimum Gasteiger partial charge on any atom is -0.490 e. The minimum atomic E-state index is 0.588. The number of aromatic nitrogens is 3. The third kappa shape index (κ3) is 4.22. The summed E-state index contributed by atoms with van der Waals surface area (Å²) in [5.41, 5.74) is 4.52. The zero-order chi connectivity index (χ0) is 19.4. The summed E-state index contributed by atoms with van der Waals surface area (Å²) in [6.07, 6.45) is 0.632. The lowest BCUT2D eigenvalue weighted by molar-refractivity contribution is 0.287. The zero-order valence-electron chi connectivity index (χ0n) is 16.2. The van der Waals surface area contributed by atoms with E-state index in [0.29, 0.717) is 24.4 Å². The molecule has 0 saturated heterocycles. The first-order valence-corrected chi connectivity index (χ1v) is 9.56. The van der Waals surface area contributed by atoms with E-state index in [1.165, 1.54) is 5.56 Å². The molecule has 27 heavy (non-hydrogen) atoms. The molecular weight excluding hydrogens is 358 g/mol. The van der Waals surface area contributed by atoms with Crippen molar-refractivity contribution in [3.05, 3.63) is 63.7 Å². The standard InChI is InChI=1S/C21H25N3O2S/c1-5-25-18-10-8-16(12-19(18)26-6-2)13-20-22-23-21(27)24(20)17-9-7-14(3)11-15(17)4/h7-12H,5-6,13H2,1-4H3,(H,23,27). The second-order valence-corrected chi connectivity index (χ2v) is 6.78. The molecule has 5 nitrogen and oxygen atoms in total. The van der Waals surface area contributed by atoms with E-state index in [4.69, 9.17) is 21.7 Å². The molecule has 3 aromatic rings. The first-order valence-electron chi connectivity index (χ1n) is 9.16. The molecule has 2 aromatic carbocycles. The molecule has 142 valence electrons. The largest absolute Gasteiger partial charge is 0.490 e. The average Bonchev–Trinajstić information content (AvgIpc) is 2.98. The van der Waals surface area contributed by atoms with Gasteiger partial charge in [0, 0.05) is 6.42 Å². The van der Waals surface area contributed by atoms with Crippen molar-refractivity contribution in [1.82, 2.24) is 14.8 Å². The van der Waals surface area contributed by atoms with Crippen molar-refractivity contribution in [2.75, 3.05) is 13.2 Å². The highest BCUT2D eigenvalue weighted by Crippen LogP contribution is 2.29. The van der Waals surface area contributed by atoms with Crippen molar-refractivity contribution in [2.45, 2.75) is 34.1 Å². The van der Waals surface area contributed by atoms with Crippen LogP contribution in [0.25, 0.3) is 5.69 Å². The molecule has 0 atom stereocenters. The van der Waals surface area contributed by atoms with Gasteiger partial charge in [0.25, 0.3) is 0 Å². The number of H-pyrrole nitrogens is 1. The van der Waals surface area contributed by atoms with Gasteiger partial charge in [-0.05, 0) is 69.2 Å². The lowest BCUT2D eigenvalue weighted by atomic mass is 10.1. The number of nitrogens with zero attached hydrogens (tertiary/aromatic N) is 2. The average molecular weight is 384 g/mol. The first kappa shape index (κ1) is 19.2. The van der Waals surface area contributed by atoms with E-state index in [9.17, 15) is 0 Å². The topological polar surface area (TPSA) is 52.1 Å². The molecule has 0 fully saturated rings. The molecule has 0 aliphatic rings. The summed E-state index contributed by atoms with van der Waals surface area (Å²) >= 11 is 5.49. The Bertz CT molecular complexity index is 991. The van der Waals surface area contributed by atoms with Gasteiger partial charge in [-0.25, -0.2) is 0 Å². The van der Waals surface area contributed by atoms with Gasteiger partial charge in [-0.15, -0.1) is 0 Å². The molecule has 0 amide bonds. The van der Waals surface area contributed by atoms with Crippen LogP contribution < -0.4 is 9.47 Å².